The average molecular weight is 376 g/mol. The molecule has 0 bridgehead atoms. The van der Waals surface area contributed by atoms with Gasteiger partial charge in [-0.05, 0) is 62.6 Å². The first-order valence-electron chi connectivity index (χ1n) is 8.44. The van der Waals surface area contributed by atoms with Crippen molar-refractivity contribution in [2.75, 3.05) is 11.9 Å². The molecular weight excluding hydrogens is 355 g/mol. The lowest BCUT2D eigenvalue weighted by Crippen LogP contribution is -2.43. The molecule has 1 amide bonds. The van der Waals surface area contributed by atoms with Gasteiger partial charge in [0.1, 0.15) is 11.9 Å². The van der Waals surface area contributed by atoms with Crippen LogP contribution in [0.4, 0.5) is 10.1 Å². The lowest BCUT2D eigenvalue weighted by atomic mass is 10.1. The highest BCUT2D eigenvalue weighted by Crippen LogP contribution is 2.27. The van der Waals surface area contributed by atoms with E-state index in [-0.39, 0.29) is 17.3 Å². The molecule has 1 fully saturated rings. The number of nitrogens with one attached hydrogen (secondary N) is 1. The normalized spacial score (nSPS) is 18.0. The van der Waals surface area contributed by atoms with Crippen LogP contribution in [0.3, 0.4) is 0 Å². The highest BCUT2D eigenvalue weighted by Gasteiger charge is 2.39. The molecule has 5 nitrogen and oxygen atoms in total. The second kappa shape index (κ2) is 7.17. The fourth-order valence-electron chi connectivity index (χ4n) is 3.20. The van der Waals surface area contributed by atoms with Gasteiger partial charge in [-0.25, -0.2) is 12.8 Å². The molecule has 1 N–H and O–H groups in total. The molecule has 7 heteroatoms. The van der Waals surface area contributed by atoms with Gasteiger partial charge in [-0.15, -0.1) is 0 Å². The monoisotopic (exact) mass is 376 g/mol. The summed E-state index contributed by atoms with van der Waals surface area (Å²) in [7, 11) is -3.85. The van der Waals surface area contributed by atoms with Gasteiger partial charge in [-0.1, -0.05) is 17.7 Å². The molecule has 26 heavy (non-hydrogen) atoms. The summed E-state index contributed by atoms with van der Waals surface area (Å²) in [5.74, 6) is -0.852. The maximum absolute atomic E-state index is 13.1. The molecule has 1 atom stereocenters. The predicted octanol–water partition coefficient (Wildman–Crippen LogP) is 3.23. The van der Waals surface area contributed by atoms with Crippen LogP contribution < -0.4 is 5.32 Å². The number of amides is 1. The molecule has 2 aromatic rings. The number of carbonyl (C=O) groups excluding carboxylic acids is 1. The van der Waals surface area contributed by atoms with Crippen LogP contribution in [-0.4, -0.2) is 31.2 Å². The largest absolute Gasteiger partial charge is 0.324 e. The predicted molar refractivity (Wildman–Crippen MR) is 97.9 cm³/mol. The summed E-state index contributed by atoms with van der Waals surface area (Å²) in [4.78, 5) is 12.7. The molecule has 1 aliphatic rings. The number of halogens is 1. The quantitative estimate of drug-likeness (QED) is 0.891. The standard InChI is InChI=1S/C19H21FN2O3S/c1-13-5-10-17(14(2)12-13)21-19(23)18-4-3-11-22(18)26(24,25)16-8-6-15(20)7-9-16/h5-10,12,18H,3-4,11H2,1-2H3,(H,21,23)/t18-/m0/s1. The topological polar surface area (TPSA) is 66.5 Å². The van der Waals surface area contributed by atoms with Gasteiger partial charge < -0.3 is 5.32 Å². The summed E-state index contributed by atoms with van der Waals surface area (Å²) in [6.45, 7) is 4.13. The van der Waals surface area contributed by atoms with Crippen molar-refractivity contribution in [3.05, 3.63) is 59.4 Å². The van der Waals surface area contributed by atoms with E-state index in [9.17, 15) is 17.6 Å². The lowest BCUT2D eigenvalue weighted by Gasteiger charge is -2.23. The Kier molecular flexibility index (Phi) is 5.11. The second-order valence-corrected chi connectivity index (χ2v) is 8.43. The number of hydrogen-bond donors (Lipinski definition) is 1. The molecule has 2 aromatic carbocycles. The first-order valence-corrected chi connectivity index (χ1v) is 9.88. The molecule has 0 saturated carbocycles. The molecule has 0 unspecified atom stereocenters. The van der Waals surface area contributed by atoms with Crippen LogP contribution in [0.2, 0.25) is 0 Å². The molecular formula is C19H21FN2O3S. The first kappa shape index (κ1) is 18.5. The highest BCUT2D eigenvalue weighted by atomic mass is 32.2. The number of rotatable bonds is 4. The first-order chi connectivity index (χ1) is 12.3. The molecule has 3 rings (SSSR count). The smallest absolute Gasteiger partial charge is 0.243 e. The number of benzene rings is 2. The minimum atomic E-state index is -3.85. The van der Waals surface area contributed by atoms with E-state index in [0.717, 1.165) is 23.3 Å². The van der Waals surface area contributed by atoms with Crippen LogP contribution in [0.5, 0.6) is 0 Å². The third kappa shape index (κ3) is 3.64. The van der Waals surface area contributed by atoms with E-state index in [0.29, 0.717) is 18.5 Å². The molecule has 0 spiro atoms. The van der Waals surface area contributed by atoms with Crippen molar-refractivity contribution in [3.8, 4) is 0 Å². The van der Waals surface area contributed by atoms with Crippen molar-refractivity contribution in [2.24, 2.45) is 0 Å². The van der Waals surface area contributed by atoms with Crippen molar-refractivity contribution in [3.63, 3.8) is 0 Å². The molecule has 1 heterocycles. The zero-order valence-electron chi connectivity index (χ0n) is 14.7. The Hall–Kier alpha value is -2.25. The van der Waals surface area contributed by atoms with Crippen molar-refractivity contribution < 1.29 is 17.6 Å². The summed E-state index contributed by atoms with van der Waals surface area (Å²) in [6.07, 6.45) is 1.06. The van der Waals surface area contributed by atoms with E-state index in [1.54, 1.807) is 0 Å². The van der Waals surface area contributed by atoms with Crippen molar-refractivity contribution in [2.45, 2.75) is 37.6 Å². The highest BCUT2D eigenvalue weighted by molar-refractivity contribution is 7.89. The zero-order chi connectivity index (χ0) is 18.9. The molecule has 0 aromatic heterocycles. The van der Waals surface area contributed by atoms with Crippen LogP contribution >= 0.6 is 0 Å². The van der Waals surface area contributed by atoms with E-state index in [4.69, 9.17) is 0 Å². The second-order valence-electron chi connectivity index (χ2n) is 6.54. The van der Waals surface area contributed by atoms with E-state index in [1.165, 1.54) is 16.4 Å². The summed E-state index contributed by atoms with van der Waals surface area (Å²) >= 11 is 0. The van der Waals surface area contributed by atoms with E-state index >= 15 is 0 Å². The Balaban J connectivity index is 1.83. The molecule has 1 saturated heterocycles. The Bertz CT molecular complexity index is 926. The fraction of sp³-hybridized carbons (Fsp3) is 0.316. The Morgan fingerprint density at radius 3 is 2.50 bits per heavy atom. The van der Waals surface area contributed by atoms with Gasteiger partial charge in [0, 0.05) is 12.2 Å². The average Bonchev–Trinajstić information content (AvgIpc) is 3.08. The van der Waals surface area contributed by atoms with Gasteiger partial charge in [0.25, 0.3) is 0 Å². The Morgan fingerprint density at radius 2 is 1.85 bits per heavy atom. The maximum Gasteiger partial charge on any atom is 0.243 e. The molecule has 1 aliphatic heterocycles. The van der Waals surface area contributed by atoms with Gasteiger partial charge >= 0.3 is 0 Å². The minimum absolute atomic E-state index is 0.00915. The van der Waals surface area contributed by atoms with Gasteiger partial charge in [-0.3, -0.25) is 4.79 Å². The molecule has 138 valence electrons. The van der Waals surface area contributed by atoms with Crippen LogP contribution in [0.25, 0.3) is 0 Å². The van der Waals surface area contributed by atoms with Crippen molar-refractivity contribution in [1.29, 1.82) is 0 Å². The van der Waals surface area contributed by atoms with Gasteiger partial charge in [0.15, 0.2) is 0 Å². The Morgan fingerprint density at radius 1 is 1.15 bits per heavy atom. The minimum Gasteiger partial charge on any atom is -0.324 e. The van der Waals surface area contributed by atoms with Crippen LogP contribution in [0.1, 0.15) is 24.0 Å². The van der Waals surface area contributed by atoms with Gasteiger partial charge in [-0.2, -0.15) is 4.31 Å². The number of aryl methyl sites for hydroxylation is 2. The van der Waals surface area contributed by atoms with E-state index in [1.807, 2.05) is 32.0 Å². The third-order valence-corrected chi connectivity index (χ3v) is 6.49. The molecule has 0 radical (unpaired) electrons. The number of carbonyl (C=O) groups is 1. The van der Waals surface area contributed by atoms with Crippen LogP contribution in [0.15, 0.2) is 47.4 Å². The van der Waals surface area contributed by atoms with Crippen LogP contribution in [0, 0.1) is 19.7 Å². The van der Waals surface area contributed by atoms with E-state index < -0.39 is 21.9 Å². The number of sulfonamides is 1. The summed E-state index contributed by atoms with van der Waals surface area (Å²) in [5.41, 5.74) is 2.68. The van der Waals surface area contributed by atoms with E-state index in [2.05, 4.69) is 5.32 Å². The summed E-state index contributed by atoms with van der Waals surface area (Å²) < 4.78 is 40.0. The van der Waals surface area contributed by atoms with Gasteiger partial charge in [0.2, 0.25) is 15.9 Å². The molecule has 0 aliphatic carbocycles. The Labute approximate surface area is 152 Å². The fourth-order valence-corrected chi connectivity index (χ4v) is 4.86. The number of hydrogen-bond acceptors (Lipinski definition) is 3. The van der Waals surface area contributed by atoms with Gasteiger partial charge in [0.05, 0.1) is 4.90 Å². The van der Waals surface area contributed by atoms with Crippen molar-refractivity contribution in [1.82, 2.24) is 4.31 Å². The number of anilines is 1. The maximum atomic E-state index is 13.1. The third-order valence-electron chi connectivity index (χ3n) is 4.57. The zero-order valence-corrected chi connectivity index (χ0v) is 15.5. The van der Waals surface area contributed by atoms with Crippen LogP contribution in [-0.2, 0) is 14.8 Å². The SMILES string of the molecule is Cc1ccc(NC(=O)[C@@H]2CCCN2S(=O)(=O)c2ccc(F)cc2)c(C)c1. The number of nitrogens with zero attached hydrogens (tertiary/aromatic N) is 1. The lowest BCUT2D eigenvalue weighted by molar-refractivity contribution is -0.119. The summed E-state index contributed by atoms with van der Waals surface area (Å²) in [6, 6.07) is 9.55. The summed E-state index contributed by atoms with van der Waals surface area (Å²) in [5, 5.41) is 2.84. The van der Waals surface area contributed by atoms with Crippen molar-refractivity contribution >= 4 is 21.6 Å².